The zero-order valence-electron chi connectivity index (χ0n) is 8.25. The molecule has 0 aliphatic heterocycles. The van der Waals surface area contributed by atoms with Crippen molar-refractivity contribution in [3.8, 4) is 0 Å². The maximum absolute atomic E-state index is 10.7. The van der Waals surface area contributed by atoms with E-state index in [-0.39, 0.29) is 6.42 Å². The predicted molar refractivity (Wildman–Crippen MR) is 56.7 cm³/mol. The molecule has 0 fully saturated rings. The monoisotopic (exact) mass is 212 g/mol. The van der Waals surface area contributed by atoms with Crippen LogP contribution in [0.2, 0.25) is 5.02 Å². The van der Waals surface area contributed by atoms with Gasteiger partial charge in [-0.25, -0.2) is 0 Å². The van der Waals surface area contributed by atoms with Gasteiger partial charge in [-0.05, 0) is 11.6 Å². The van der Waals surface area contributed by atoms with Crippen molar-refractivity contribution in [1.29, 1.82) is 0 Å². The van der Waals surface area contributed by atoms with E-state index in [1.807, 2.05) is 32.0 Å². The van der Waals surface area contributed by atoms with E-state index in [4.69, 9.17) is 16.7 Å². The molecule has 0 radical (unpaired) electrons. The van der Waals surface area contributed by atoms with Gasteiger partial charge in [0.25, 0.3) is 0 Å². The van der Waals surface area contributed by atoms with E-state index in [9.17, 15) is 4.79 Å². The van der Waals surface area contributed by atoms with Crippen LogP contribution in [0.3, 0.4) is 0 Å². The van der Waals surface area contributed by atoms with Crippen LogP contribution in [0.25, 0.3) is 0 Å². The van der Waals surface area contributed by atoms with E-state index < -0.39 is 11.4 Å². The third-order valence-corrected chi connectivity index (χ3v) is 2.53. The largest absolute Gasteiger partial charge is 0.481 e. The fraction of sp³-hybridized carbons (Fsp3) is 0.364. The molecule has 3 heteroatoms. The summed E-state index contributed by atoms with van der Waals surface area (Å²) in [5, 5.41) is 9.38. The molecule has 1 rings (SSSR count). The number of carboxylic acids is 1. The zero-order valence-corrected chi connectivity index (χ0v) is 9.01. The number of aliphatic carboxylic acids is 1. The van der Waals surface area contributed by atoms with Crippen molar-refractivity contribution in [2.24, 2.45) is 0 Å². The van der Waals surface area contributed by atoms with Crippen molar-refractivity contribution in [1.82, 2.24) is 0 Å². The normalized spacial score (nSPS) is 11.4. The Hall–Kier alpha value is -1.02. The number of carboxylic acid groups (broad SMARTS) is 1. The van der Waals surface area contributed by atoms with Crippen molar-refractivity contribution in [2.75, 3.05) is 0 Å². The summed E-state index contributed by atoms with van der Waals surface area (Å²) in [6.07, 6.45) is 0.0801. The van der Waals surface area contributed by atoms with Gasteiger partial charge in [0, 0.05) is 10.4 Å². The van der Waals surface area contributed by atoms with Gasteiger partial charge < -0.3 is 5.11 Å². The minimum Gasteiger partial charge on any atom is -0.481 e. The fourth-order valence-corrected chi connectivity index (χ4v) is 1.87. The lowest BCUT2D eigenvalue weighted by molar-refractivity contribution is -0.138. The van der Waals surface area contributed by atoms with Crippen molar-refractivity contribution < 1.29 is 9.90 Å². The van der Waals surface area contributed by atoms with E-state index in [0.717, 1.165) is 5.56 Å². The summed E-state index contributed by atoms with van der Waals surface area (Å²) in [4.78, 5) is 10.7. The van der Waals surface area contributed by atoms with Gasteiger partial charge >= 0.3 is 5.97 Å². The number of halogens is 1. The lowest BCUT2D eigenvalue weighted by Gasteiger charge is -2.24. The van der Waals surface area contributed by atoms with Crippen LogP contribution in [0.1, 0.15) is 25.8 Å². The maximum atomic E-state index is 10.7. The molecule has 0 saturated carbocycles. The third-order valence-electron chi connectivity index (χ3n) is 2.20. The second kappa shape index (κ2) is 4.01. The van der Waals surface area contributed by atoms with Crippen molar-refractivity contribution in [2.45, 2.75) is 25.7 Å². The topological polar surface area (TPSA) is 37.3 Å². The molecule has 0 aliphatic rings. The van der Waals surface area contributed by atoms with Crippen LogP contribution < -0.4 is 0 Å². The van der Waals surface area contributed by atoms with E-state index in [0.29, 0.717) is 5.02 Å². The van der Waals surface area contributed by atoms with Crippen LogP contribution in [-0.2, 0) is 10.2 Å². The highest BCUT2D eigenvalue weighted by molar-refractivity contribution is 6.31. The SMILES string of the molecule is CC(C)(CC(=O)O)c1ccccc1Cl. The number of benzene rings is 1. The summed E-state index contributed by atoms with van der Waals surface area (Å²) in [5.41, 5.74) is 0.452. The van der Waals surface area contributed by atoms with Crippen LogP contribution in [-0.4, -0.2) is 11.1 Å². The van der Waals surface area contributed by atoms with Gasteiger partial charge in [-0.15, -0.1) is 0 Å². The first kappa shape index (κ1) is 11.1. The Balaban J connectivity index is 3.03. The van der Waals surface area contributed by atoms with E-state index in [1.54, 1.807) is 6.07 Å². The quantitative estimate of drug-likeness (QED) is 0.836. The molecule has 76 valence electrons. The van der Waals surface area contributed by atoms with Gasteiger partial charge in [-0.3, -0.25) is 4.79 Å². The van der Waals surface area contributed by atoms with Gasteiger partial charge in [0.15, 0.2) is 0 Å². The Morgan fingerprint density at radius 1 is 1.43 bits per heavy atom. The molecule has 0 saturated heterocycles. The molecule has 0 aliphatic carbocycles. The van der Waals surface area contributed by atoms with Crippen molar-refractivity contribution >= 4 is 17.6 Å². The van der Waals surface area contributed by atoms with Crippen LogP contribution >= 0.6 is 11.6 Å². The molecule has 0 amide bonds. The Morgan fingerprint density at radius 3 is 2.50 bits per heavy atom. The number of rotatable bonds is 3. The maximum Gasteiger partial charge on any atom is 0.304 e. The summed E-state index contributed by atoms with van der Waals surface area (Å²) in [7, 11) is 0. The van der Waals surface area contributed by atoms with Crippen LogP contribution in [0.15, 0.2) is 24.3 Å². The van der Waals surface area contributed by atoms with Gasteiger partial charge in [-0.2, -0.15) is 0 Å². The van der Waals surface area contributed by atoms with E-state index >= 15 is 0 Å². The molecule has 0 heterocycles. The summed E-state index contributed by atoms with van der Waals surface area (Å²) in [6.45, 7) is 3.75. The summed E-state index contributed by atoms with van der Waals surface area (Å²) >= 11 is 6.00. The second-order valence-corrected chi connectivity index (χ2v) is 4.34. The predicted octanol–water partition coefficient (Wildman–Crippen LogP) is 3.09. The third kappa shape index (κ3) is 2.48. The van der Waals surface area contributed by atoms with Gasteiger partial charge in [0.05, 0.1) is 6.42 Å². The molecule has 0 bridgehead atoms. The number of carbonyl (C=O) groups is 1. The lowest BCUT2D eigenvalue weighted by atomic mass is 9.81. The van der Waals surface area contributed by atoms with Gasteiger partial charge in [-0.1, -0.05) is 43.6 Å². The second-order valence-electron chi connectivity index (χ2n) is 3.93. The highest BCUT2D eigenvalue weighted by Crippen LogP contribution is 2.32. The summed E-state index contributed by atoms with van der Waals surface area (Å²) in [5.74, 6) is -0.810. The lowest BCUT2D eigenvalue weighted by Crippen LogP contribution is -2.21. The van der Waals surface area contributed by atoms with E-state index in [2.05, 4.69) is 0 Å². The minimum absolute atomic E-state index is 0.0801. The van der Waals surface area contributed by atoms with Crippen molar-refractivity contribution in [3.05, 3.63) is 34.9 Å². The first-order chi connectivity index (χ1) is 6.43. The molecule has 0 unspecified atom stereocenters. The summed E-state index contributed by atoms with van der Waals surface area (Å²) < 4.78 is 0. The Labute approximate surface area is 88.5 Å². The molecule has 1 N–H and O–H groups in total. The molecule has 2 nitrogen and oxygen atoms in total. The molecule has 1 aromatic carbocycles. The zero-order chi connectivity index (χ0) is 10.8. The average Bonchev–Trinajstić information content (AvgIpc) is 2.02. The molecule has 0 atom stereocenters. The summed E-state index contributed by atoms with van der Waals surface area (Å²) in [6, 6.07) is 7.35. The molecule has 14 heavy (non-hydrogen) atoms. The Morgan fingerprint density at radius 2 is 2.00 bits per heavy atom. The van der Waals surface area contributed by atoms with Crippen LogP contribution in [0, 0.1) is 0 Å². The molecular formula is C11H13ClO2. The molecule has 0 spiro atoms. The van der Waals surface area contributed by atoms with Crippen molar-refractivity contribution in [3.63, 3.8) is 0 Å². The average molecular weight is 213 g/mol. The molecular weight excluding hydrogens is 200 g/mol. The van der Waals surface area contributed by atoms with Crippen LogP contribution in [0.4, 0.5) is 0 Å². The van der Waals surface area contributed by atoms with Gasteiger partial charge in [0.1, 0.15) is 0 Å². The van der Waals surface area contributed by atoms with Crippen LogP contribution in [0.5, 0.6) is 0 Å². The Bertz CT molecular complexity index is 345. The standard InChI is InChI=1S/C11H13ClO2/c1-11(2,7-10(13)14)8-5-3-4-6-9(8)12/h3-6H,7H2,1-2H3,(H,13,14). The molecule has 1 aromatic rings. The highest BCUT2D eigenvalue weighted by atomic mass is 35.5. The Kier molecular flexibility index (Phi) is 3.17. The molecule has 0 aromatic heterocycles. The number of hydrogen-bond acceptors (Lipinski definition) is 1. The highest BCUT2D eigenvalue weighted by Gasteiger charge is 2.25. The first-order valence-electron chi connectivity index (χ1n) is 4.40. The minimum atomic E-state index is -0.810. The van der Waals surface area contributed by atoms with Gasteiger partial charge in [0.2, 0.25) is 0 Å². The smallest absolute Gasteiger partial charge is 0.304 e. The van der Waals surface area contributed by atoms with E-state index in [1.165, 1.54) is 0 Å². The first-order valence-corrected chi connectivity index (χ1v) is 4.78. The fourth-order valence-electron chi connectivity index (χ4n) is 1.48. The number of hydrogen-bond donors (Lipinski definition) is 1.